The van der Waals surface area contributed by atoms with E-state index in [-0.39, 0.29) is 12.8 Å². The van der Waals surface area contributed by atoms with Crippen LogP contribution in [-0.4, -0.2) is 34.1 Å². The van der Waals surface area contributed by atoms with Gasteiger partial charge < -0.3 is 0 Å². The van der Waals surface area contributed by atoms with Gasteiger partial charge in [0.1, 0.15) is 0 Å². The van der Waals surface area contributed by atoms with E-state index in [0.29, 0.717) is 25.5 Å². The van der Waals surface area contributed by atoms with Gasteiger partial charge in [-0.05, 0) is 0 Å². The second kappa shape index (κ2) is 3.73. The van der Waals surface area contributed by atoms with Gasteiger partial charge in [-0.2, -0.15) is 0 Å². The van der Waals surface area contributed by atoms with Crippen molar-refractivity contribution in [2.75, 3.05) is 13.1 Å². The Balaban J connectivity index is 1.90. The van der Waals surface area contributed by atoms with Crippen molar-refractivity contribution in [2.45, 2.75) is 25.3 Å². The monoisotopic (exact) mass is 219 g/mol. The summed E-state index contributed by atoms with van der Waals surface area (Å²) in [7, 11) is 0. The third kappa shape index (κ3) is 2.62. The molecule has 0 radical (unpaired) electrons. The molecule has 0 atom stereocenters. The number of piperidine rings is 1. The number of aromatic nitrogens is 2. The highest BCUT2D eigenvalue weighted by atomic mass is 19.3. The van der Waals surface area contributed by atoms with Crippen LogP contribution in [-0.2, 0) is 6.54 Å². The van der Waals surface area contributed by atoms with Gasteiger partial charge in [-0.15, -0.1) is 0 Å². The van der Waals surface area contributed by atoms with Crippen LogP contribution in [0.1, 0.15) is 18.7 Å². The zero-order valence-electron chi connectivity index (χ0n) is 8.00. The molecule has 2 heterocycles. The summed E-state index contributed by atoms with van der Waals surface area (Å²) in [5.74, 6) is -2.79. The summed E-state index contributed by atoms with van der Waals surface area (Å²) in [6, 6.07) is 0. The molecule has 1 saturated heterocycles. The average molecular weight is 219 g/mol. The Labute approximate surface area is 84.1 Å². The van der Waals surface area contributed by atoms with Crippen LogP contribution < -0.4 is 5.76 Å². The largest absolute Gasteiger partial charge is 0.438 e. The van der Waals surface area contributed by atoms with E-state index in [0.717, 1.165) is 0 Å². The fourth-order valence-electron chi connectivity index (χ4n) is 1.58. The highest BCUT2D eigenvalue weighted by Crippen LogP contribution is 2.27. The molecular formula is C8H11F2N3O2. The van der Waals surface area contributed by atoms with Crippen molar-refractivity contribution in [1.82, 2.24) is 15.0 Å². The van der Waals surface area contributed by atoms with Crippen LogP contribution in [0.5, 0.6) is 0 Å². The minimum Gasteiger partial charge on any atom is -0.296 e. The molecule has 0 saturated carbocycles. The van der Waals surface area contributed by atoms with Gasteiger partial charge in [0.2, 0.25) is 0 Å². The van der Waals surface area contributed by atoms with Crippen LogP contribution in [0.3, 0.4) is 0 Å². The summed E-state index contributed by atoms with van der Waals surface area (Å²) in [6.45, 7) is 0.964. The first-order valence-corrected chi connectivity index (χ1v) is 4.70. The molecule has 1 aliphatic rings. The average Bonchev–Trinajstić information content (AvgIpc) is 2.55. The number of rotatable bonds is 2. The highest BCUT2D eigenvalue weighted by molar-refractivity contribution is 4.83. The van der Waals surface area contributed by atoms with Crippen molar-refractivity contribution in [3.63, 3.8) is 0 Å². The maximum absolute atomic E-state index is 12.8. The second-order valence-corrected chi connectivity index (χ2v) is 3.67. The van der Waals surface area contributed by atoms with Crippen LogP contribution in [0.2, 0.25) is 0 Å². The van der Waals surface area contributed by atoms with Gasteiger partial charge in [-0.3, -0.25) is 14.4 Å². The summed E-state index contributed by atoms with van der Waals surface area (Å²) >= 11 is 0. The normalized spacial score (nSPS) is 21.7. The van der Waals surface area contributed by atoms with Crippen LogP contribution in [0.4, 0.5) is 8.78 Å². The molecular weight excluding hydrogens is 208 g/mol. The van der Waals surface area contributed by atoms with E-state index in [9.17, 15) is 13.6 Å². The van der Waals surface area contributed by atoms with Gasteiger partial charge in [0.15, 0.2) is 5.82 Å². The van der Waals surface area contributed by atoms with Gasteiger partial charge in [0.25, 0.3) is 5.92 Å². The number of alkyl halides is 2. The van der Waals surface area contributed by atoms with E-state index < -0.39 is 11.7 Å². The molecule has 1 fully saturated rings. The van der Waals surface area contributed by atoms with E-state index in [1.54, 1.807) is 0 Å². The van der Waals surface area contributed by atoms with E-state index in [4.69, 9.17) is 0 Å². The van der Waals surface area contributed by atoms with Crippen LogP contribution >= 0.6 is 0 Å². The number of hydrogen-bond acceptors (Lipinski definition) is 4. The first-order chi connectivity index (χ1) is 7.05. The molecule has 7 heteroatoms. The maximum atomic E-state index is 12.8. The number of nitrogens with zero attached hydrogens (tertiary/aromatic N) is 2. The third-order valence-corrected chi connectivity index (χ3v) is 2.45. The maximum Gasteiger partial charge on any atom is 0.438 e. The van der Waals surface area contributed by atoms with Crippen molar-refractivity contribution in [3.8, 4) is 0 Å². The molecule has 2 rings (SSSR count). The molecule has 1 aromatic heterocycles. The van der Waals surface area contributed by atoms with Crippen molar-refractivity contribution < 1.29 is 13.3 Å². The van der Waals surface area contributed by atoms with Crippen LogP contribution in [0.15, 0.2) is 9.32 Å². The van der Waals surface area contributed by atoms with Gasteiger partial charge >= 0.3 is 5.76 Å². The molecule has 5 nitrogen and oxygen atoms in total. The van der Waals surface area contributed by atoms with Crippen LogP contribution in [0, 0.1) is 0 Å². The predicted octanol–water partition coefficient (Wildman–Crippen LogP) is 0.594. The quantitative estimate of drug-likeness (QED) is 0.790. The second-order valence-electron chi connectivity index (χ2n) is 3.67. The van der Waals surface area contributed by atoms with Crippen molar-refractivity contribution in [3.05, 3.63) is 16.4 Å². The molecule has 0 spiro atoms. The smallest absolute Gasteiger partial charge is 0.296 e. The van der Waals surface area contributed by atoms with Crippen molar-refractivity contribution in [2.24, 2.45) is 0 Å². The van der Waals surface area contributed by atoms with Crippen molar-refractivity contribution >= 4 is 0 Å². The van der Waals surface area contributed by atoms with Gasteiger partial charge in [0.05, 0.1) is 6.54 Å². The Hall–Kier alpha value is -1.24. The number of halogens is 2. The molecule has 0 amide bonds. The number of nitrogens with one attached hydrogen (secondary N) is 1. The Morgan fingerprint density at radius 3 is 2.67 bits per heavy atom. The van der Waals surface area contributed by atoms with Crippen molar-refractivity contribution in [1.29, 1.82) is 0 Å². The third-order valence-electron chi connectivity index (χ3n) is 2.45. The molecule has 1 aromatic rings. The number of aromatic amines is 1. The first kappa shape index (κ1) is 10.3. The lowest BCUT2D eigenvalue weighted by Gasteiger charge is -2.30. The van der Waals surface area contributed by atoms with Crippen LogP contribution in [0.25, 0.3) is 0 Å². The first-order valence-electron chi connectivity index (χ1n) is 4.70. The van der Waals surface area contributed by atoms with E-state index >= 15 is 0 Å². The zero-order valence-corrected chi connectivity index (χ0v) is 8.00. The van der Waals surface area contributed by atoms with Gasteiger partial charge in [-0.1, -0.05) is 5.16 Å². The lowest BCUT2D eigenvalue weighted by molar-refractivity contribution is -0.0571. The Morgan fingerprint density at radius 2 is 2.13 bits per heavy atom. The number of likely N-dealkylation sites (tertiary alicyclic amines) is 1. The number of H-pyrrole nitrogens is 1. The molecule has 84 valence electrons. The lowest BCUT2D eigenvalue weighted by atomic mass is 10.1. The Morgan fingerprint density at radius 1 is 1.47 bits per heavy atom. The fourth-order valence-corrected chi connectivity index (χ4v) is 1.58. The Kier molecular flexibility index (Phi) is 2.56. The summed E-state index contributed by atoms with van der Waals surface area (Å²) in [4.78, 5) is 14.8. The molecule has 15 heavy (non-hydrogen) atoms. The van der Waals surface area contributed by atoms with E-state index in [1.165, 1.54) is 0 Å². The predicted molar refractivity (Wildman–Crippen MR) is 46.6 cm³/mol. The molecule has 1 aliphatic heterocycles. The number of hydrogen-bond donors (Lipinski definition) is 1. The summed E-state index contributed by atoms with van der Waals surface area (Å²) < 4.78 is 29.9. The van der Waals surface area contributed by atoms with Gasteiger partial charge in [0, 0.05) is 25.9 Å². The minimum atomic E-state index is -2.55. The summed E-state index contributed by atoms with van der Waals surface area (Å²) in [5, 5.41) is 3.47. The molecule has 0 aliphatic carbocycles. The summed E-state index contributed by atoms with van der Waals surface area (Å²) in [6.07, 6.45) is -0.288. The lowest BCUT2D eigenvalue weighted by Crippen LogP contribution is -2.39. The molecule has 1 N–H and O–H groups in total. The summed E-state index contributed by atoms with van der Waals surface area (Å²) in [5.41, 5.74) is 0. The minimum absolute atomic E-state index is 0.144. The Bertz CT molecular complexity index is 377. The topological polar surface area (TPSA) is 62.1 Å². The highest BCUT2D eigenvalue weighted by Gasteiger charge is 2.34. The fraction of sp³-hybridized carbons (Fsp3) is 0.750. The van der Waals surface area contributed by atoms with Gasteiger partial charge in [-0.25, -0.2) is 13.6 Å². The van der Waals surface area contributed by atoms with E-state index in [1.807, 2.05) is 4.90 Å². The zero-order chi connectivity index (χ0) is 10.9. The standard InChI is InChI=1S/C8H11F2N3O2/c9-8(10)1-3-13(4-2-8)5-6-11-7(14)15-12-6/h1-5H2,(H,11,12,14). The molecule has 0 aromatic carbocycles. The SMILES string of the molecule is O=c1[nH]c(CN2CCC(F)(F)CC2)no1. The molecule has 0 unspecified atom stereocenters. The molecule has 0 bridgehead atoms. The van der Waals surface area contributed by atoms with E-state index in [2.05, 4.69) is 14.7 Å².